The monoisotopic (exact) mass is 294 g/mol. The molecule has 5 heteroatoms. The Bertz CT molecular complexity index is 541. The summed E-state index contributed by atoms with van der Waals surface area (Å²) >= 11 is 1.56. The van der Waals surface area contributed by atoms with Crippen LogP contribution >= 0.6 is 11.3 Å². The maximum atomic E-state index is 12.2. The highest BCUT2D eigenvalue weighted by atomic mass is 32.1. The van der Waals surface area contributed by atoms with Gasteiger partial charge in [0, 0.05) is 17.3 Å². The lowest BCUT2D eigenvalue weighted by atomic mass is 9.94. The summed E-state index contributed by atoms with van der Waals surface area (Å²) < 4.78 is 0. The summed E-state index contributed by atoms with van der Waals surface area (Å²) in [5, 5.41) is 6.33. The summed E-state index contributed by atoms with van der Waals surface area (Å²) in [6.45, 7) is 5.61. The van der Waals surface area contributed by atoms with Gasteiger partial charge in [0.2, 0.25) is 5.91 Å². The molecule has 1 aromatic heterocycles. The largest absolute Gasteiger partial charge is 0.355 e. The molecule has 1 aromatic rings. The quantitative estimate of drug-likeness (QED) is 0.881. The molecule has 0 saturated heterocycles. The Hall–Kier alpha value is -1.36. The molecule has 1 aliphatic rings. The molecule has 0 aromatic carbocycles. The fourth-order valence-electron chi connectivity index (χ4n) is 2.31. The summed E-state index contributed by atoms with van der Waals surface area (Å²) in [5.74, 6) is -0.158. The number of carbonyl (C=O) groups is 2. The van der Waals surface area contributed by atoms with E-state index in [-0.39, 0.29) is 11.8 Å². The molecule has 2 N–H and O–H groups in total. The molecule has 0 spiro atoms. The van der Waals surface area contributed by atoms with Crippen LogP contribution in [0.25, 0.3) is 0 Å². The molecule has 1 aliphatic carbocycles. The van der Waals surface area contributed by atoms with E-state index in [0.717, 1.165) is 31.2 Å². The number of aryl methyl sites for hydroxylation is 1. The number of hydrogen-bond donors (Lipinski definition) is 2. The summed E-state index contributed by atoms with van der Waals surface area (Å²) in [4.78, 5) is 25.6. The SMILES string of the molecule is CNC(=O)c1c(NC(=O)C(C)(C)C)sc2c1CCCC2. The second kappa shape index (κ2) is 5.56. The number of carbonyl (C=O) groups excluding carboxylic acids is 2. The van der Waals surface area contributed by atoms with Crippen LogP contribution in [0.3, 0.4) is 0 Å². The van der Waals surface area contributed by atoms with E-state index >= 15 is 0 Å². The molecule has 2 rings (SSSR count). The van der Waals surface area contributed by atoms with Gasteiger partial charge in [0.05, 0.1) is 5.56 Å². The Morgan fingerprint density at radius 1 is 1.15 bits per heavy atom. The van der Waals surface area contributed by atoms with Crippen molar-refractivity contribution in [3.63, 3.8) is 0 Å². The van der Waals surface area contributed by atoms with E-state index in [9.17, 15) is 9.59 Å². The Morgan fingerprint density at radius 2 is 1.80 bits per heavy atom. The number of fused-ring (bicyclic) bond motifs is 1. The fraction of sp³-hybridized carbons (Fsp3) is 0.600. The molecule has 0 bridgehead atoms. The predicted molar refractivity (Wildman–Crippen MR) is 82.4 cm³/mol. The van der Waals surface area contributed by atoms with Crippen molar-refractivity contribution >= 4 is 28.2 Å². The molecule has 110 valence electrons. The lowest BCUT2D eigenvalue weighted by molar-refractivity contribution is -0.123. The molecule has 0 unspecified atom stereocenters. The maximum Gasteiger partial charge on any atom is 0.254 e. The van der Waals surface area contributed by atoms with E-state index in [4.69, 9.17) is 0 Å². The third kappa shape index (κ3) is 2.87. The fourth-order valence-corrected chi connectivity index (χ4v) is 3.59. The van der Waals surface area contributed by atoms with Gasteiger partial charge in [0.15, 0.2) is 0 Å². The zero-order chi connectivity index (χ0) is 14.9. The van der Waals surface area contributed by atoms with E-state index in [2.05, 4.69) is 10.6 Å². The second-order valence-corrected chi connectivity index (χ2v) is 7.30. The van der Waals surface area contributed by atoms with Crippen molar-refractivity contribution in [3.8, 4) is 0 Å². The summed E-state index contributed by atoms with van der Waals surface area (Å²) in [6, 6.07) is 0. The van der Waals surface area contributed by atoms with Gasteiger partial charge in [0.1, 0.15) is 5.00 Å². The van der Waals surface area contributed by atoms with E-state index in [1.54, 1.807) is 18.4 Å². The van der Waals surface area contributed by atoms with Crippen LogP contribution in [-0.2, 0) is 17.6 Å². The van der Waals surface area contributed by atoms with Gasteiger partial charge in [-0.1, -0.05) is 20.8 Å². The van der Waals surface area contributed by atoms with Crippen LogP contribution in [0.2, 0.25) is 0 Å². The van der Waals surface area contributed by atoms with Crippen LogP contribution in [0, 0.1) is 5.41 Å². The van der Waals surface area contributed by atoms with Crippen molar-refractivity contribution in [1.82, 2.24) is 5.32 Å². The molecular formula is C15H22N2O2S. The van der Waals surface area contributed by atoms with Crippen LogP contribution in [0.1, 0.15) is 54.4 Å². The second-order valence-electron chi connectivity index (χ2n) is 6.20. The van der Waals surface area contributed by atoms with Crippen LogP contribution in [0.5, 0.6) is 0 Å². The molecule has 0 saturated carbocycles. The van der Waals surface area contributed by atoms with Crippen molar-refractivity contribution < 1.29 is 9.59 Å². The molecule has 0 fully saturated rings. The van der Waals surface area contributed by atoms with Crippen LogP contribution in [0.15, 0.2) is 0 Å². The molecule has 0 radical (unpaired) electrons. The first kappa shape index (κ1) is 15.0. The number of amides is 2. The molecule has 1 heterocycles. The molecular weight excluding hydrogens is 272 g/mol. The van der Waals surface area contributed by atoms with Crippen molar-refractivity contribution in [1.29, 1.82) is 0 Å². The number of anilines is 1. The topological polar surface area (TPSA) is 58.2 Å². The maximum absolute atomic E-state index is 12.2. The average Bonchev–Trinajstić information content (AvgIpc) is 2.74. The zero-order valence-electron chi connectivity index (χ0n) is 12.6. The van der Waals surface area contributed by atoms with Crippen LogP contribution < -0.4 is 10.6 Å². The van der Waals surface area contributed by atoms with E-state index in [0.29, 0.717) is 10.6 Å². The minimum atomic E-state index is -0.468. The Morgan fingerprint density at radius 3 is 2.40 bits per heavy atom. The Labute approximate surface area is 124 Å². The average molecular weight is 294 g/mol. The van der Waals surface area contributed by atoms with Crippen molar-refractivity contribution in [2.45, 2.75) is 46.5 Å². The first-order valence-electron chi connectivity index (χ1n) is 7.02. The highest BCUT2D eigenvalue weighted by Gasteiger charge is 2.28. The third-order valence-corrected chi connectivity index (χ3v) is 4.74. The molecule has 2 amide bonds. The summed E-state index contributed by atoms with van der Waals surface area (Å²) in [7, 11) is 1.63. The van der Waals surface area contributed by atoms with Gasteiger partial charge in [-0.2, -0.15) is 0 Å². The minimum absolute atomic E-state index is 0.0544. The standard InChI is InChI=1S/C15H22N2O2S/c1-15(2,3)14(19)17-13-11(12(18)16-4)9-7-5-6-8-10(9)20-13/h5-8H2,1-4H3,(H,16,18)(H,17,19). The smallest absolute Gasteiger partial charge is 0.254 e. The number of rotatable bonds is 2. The van der Waals surface area contributed by atoms with E-state index in [1.165, 1.54) is 4.88 Å². The van der Waals surface area contributed by atoms with E-state index < -0.39 is 5.41 Å². The van der Waals surface area contributed by atoms with Gasteiger partial charge < -0.3 is 10.6 Å². The first-order chi connectivity index (χ1) is 9.34. The van der Waals surface area contributed by atoms with Gasteiger partial charge >= 0.3 is 0 Å². The van der Waals surface area contributed by atoms with Gasteiger partial charge in [-0.3, -0.25) is 9.59 Å². The van der Waals surface area contributed by atoms with Crippen molar-refractivity contribution in [2.24, 2.45) is 5.41 Å². The van der Waals surface area contributed by atoms with Gasteiger partial charge in [-0.05, 0) is 31.2 Å². The summed E-state index contributed by atoms with van der Waals surface area (Å²) in [6.07, 6.45) is 4.21. The Balaban J connectivity index is 2.39. The lowest BCUT2D eigenvalue weighted by Gasteiger charge is -2.17. The predicted octanol–water partition coefficient (Wildman–Crippen LogP) is 2.97. The van der Waals surface area contributed by atoms with Crippen molar-refractivity contribution in [2.75, 3.05) is 12.4 Å². The number of nitrogens with one attached hydrogen (secondary N) is 2. The Kier molecular flexibility index (Phi) is 4.18. The van der Waals surface area contributed by atoms with Gasteiger partial charge in [-0.15, -0.1) is 11.3 Å². The highest BCUT2D eigenvalue weighted by Crippen LogP contribution is 2.38. The normalized spacial score (nSPS) is 14.6. The van der Waals surface area contributed by atoms with Crippen LogP contribution in [-0.4, -0.2) is 18.9 Å². The molecule has 0 atom stereocenters. The molecule has 0 aliphatic heterocycles. The van der Waals surface area contributed by atoms with Crippen LogP contribution in [0.4, 0.5) is 5.00 Å². The first-order valence-corrected chi connectivity index (χ1v) is 7.84. The van der Waals surface area contributed by atoms with Crippen molar-refractivity contribution in [3.05, 3.63) is 16.0 Å². The zero-order valence-corrected chi connectivity index (χ0v) is 13.4. The number of thiophene rings is 1. The van der Waals surface area contributed by atoms with E-state index in [1.807, 2.05) is 20.8 Å². The highest BCUT2D eigenvalue weighted by molar-refractivity contribution is 7.17. The van der Waals surface area contributed by atoms with Gasteiger partial charge in [-0.25, -0.2) is 0 Å². The van der Waals surface area contributed by atoms with Gasteiger partial charge in [0.25, 0.3) is 5.91 Å². The number of hydrogen-bond acceptors (Lipinski definition) is 3. The molecule has 4 nitrogen and oxygen atoms in total. The summed E-state index contributed by atoms with van der Waals surface area (Å²) in [5.41, 5.74) is 1.33. The third-order valence-electron chi connectivity index (χ3n) is 3.53. The molecule has 20 heavy (non-hydrogen) atoms. The lowest BCUT2D eigenvalue weighted by Crippen LogP contribution is -2.29. The minimum Gasteiger partial charge on any atom is -0.355 e.